The largest absolute Gasteiger partial charge is 0.480 e. The molecular formula is C14H28N4O4. The standard InChI is InChI=1S/C14H28N4O4/c1-9(2)7-11(17-12(19)8-16)13(20)18-10(14(21)22)5-3-4-6-15/h9-11H,3-8,15-16H2,1-2H3,(H,17,19)(H,18,20)(H,21,22). The van der Waals surface area contributed by atoms with Crippen molar-refractivity contribution in [3.8, 4) is 0 Å². The van der Waals surface area contributed by atoms with Gasteiger partial charge in [-0.1, -0.05) is 13.8 Å². The molecule has 0 fully saturated rings. The summed E-state index contributed by atoms with van der Waals surface area (Å²) >= 11 is 0. The molecule has 128 valence electrons. The van der Waals surface area contributed by atoms with E-state index in [1.54, 1.807) is 0 Å². The number of nitrogens with one attached hydrogen (secondary N) is 2. The maximum Gasteiger partial charge on any atom is 0.326 e. The molecule has 2 atom stereocenters. The number of carbonyl (C=O) groups excluding carboxylic acids is 2. The molecule has 0 spiro atoms. The molecular weight excluding hydrogens is 288 g/mol. The number of carbonyl (C=O) groups is 3. The Hall–Kier alpha value is -1.67. The lowest BCUT2D eigenvalue weighted by molar-refractivity contribution is -0.142. The second-order valence-corrected chi connectivity index (χ2v) is 5.64. The SMILES string of the molecule is CC(C)CC(NC(=O)CN)C(=O)NC(CCCCN)C(=O)O. The number of rotatable bonds is 11. The van der Waals surface area contributed by atoms with Crippen LogP contribution in [-0.4, -0.2) is 48.1 Å². The summed E-state index contributed by atoms with van der Waals surface area (Å²) in [6.45, 7) is 4.07. The zero-order valence-corrected chi connectivity index (χ0v) is 13.3. The highest BCUT2D eigenvalue weighted by molar-refractivity contribution is 5.90. The zero-order valence-electron chi connectivity index (χ0n) is 13.3. The van der Waals surface area contributed by atoms with E-state index in [0.29, 0.717) is 32.2 Å². The minimum atomic E-state index is -1.10. The molecule has 0 aromatic carbocycles. The number of carboxylic acids is 1. The maximum atomic E-state index is 12.2. The van der Waals surface area contributed by atoms with Gasteiger partial charge in [-0.25, -0.2) is 4.79 Å². The van der Waals surface area contributed by atoms with Gasteiger partial charge < -0.3 is 27.2 Å². The van der Waals surface area contributed by atoms with E-state index in [-0.39, 0.29) is 12.5 Å². The van der Waals surface area contributed by atoms with Crippen molar-refractivity contribution >= 4 is 17.8 Å². The summed E-state index contributed by atoms with van der Waals surface area (Å²) in [5.74, 6) is -1.89. The van der Waals surface area contributed by atoms with E-state index in [2.05, 4.69) is 10.6 Å². The highest BCUT2D eigenvalue weighted by Crippen LogP contribution is 2.07. The Morgan fingerprint density at radius 2 is 1.68 bits per heavy atom. The van der Waals surface area contributed by atoms with Gasteiger partial charge in [0.05, 0.1) is 6.54 Å². The highest BCUT2D eigenvalue weighted by atomic mass is 16.4. The predicted octanol–water partition coefficient (Wildman–Crippen LogP) is -0.826. The summed E-state index contributed by atoms with van der Waals surface area (Å²) in [4.78, 5) is 34.8. The second kappa shape index (κ2) is 11.0. The van der Waals surface area contributed by atoms with Gasteiger partial charge in [-0.15, -0.1) is 0 Å². The van der Waals surface area contributed by atoms with Gasteiger partial charge in [0.1, 0.15) is 12.1 Å². The smallest absolute Gasteiger partial charge is 0.326 e. The molecule has 2 amide bonds. The second-order valence-electron chi connectivity index (χ2n) is 5.64. The van der Waals surface area contributed by atoms with Gasteiger partial charge in [0.2, 0.25) is 11.8 Å². The molecule has 0 aromatic rings. The van der Waals surface area contributed by atoms with Gasteiger partial charge in [-0.2, -0.15) is 0 Å². The number of aliphatic carboxylic acids is 1. The van der Waals surface area contributed by atoms with E-state index in [9.17, 15) is 14.4 Å². The molecule has 8 heteroatoms. The van der Waals surface area contributed by atoms with Crippen LogP contribution < -0.4 is 22.1 Å². The first-order valence-corrected chi connectivity index (χ1v) is 7.54. The number of hydrogen-bond donors (Lipinski definition) is 5. The lowest BCUT2D eigenvalue weighted by Gasteiger charge is -2.22. The van der Waals surface area contributed by atoms with Crippen molar-refractivity contribution in [1.82, 2.24) is 10.6 Å². The number of amides is 2. The number of hydrogen-bond acceptors (Lipinski definition) is 5. The minimum absolute atomic E-state index is 0.161. The third-order valence-electron chi connectivity index (χ3n) is 3.11. The molecule has 0 heterocycles. The fraction of sp³-hybridized carbons (Fsp3) is 0.786. The van der Waals surface area contributed by atoms with Crippen LogP contribution in [0.2, 0.25) is 0 Å². The van der Waals surface area contributed by atoms with Gasteiger partial charge in [0.25, 0.3) is 0 Å². The van der Waals surface area contributed by atoms with E-state index in [1.807, 2.05) is 13.8 Å². The molecule has 2 unspecified atom stereocenters. The van der Waals surface area contributed by atoms with Crippen molar-refractivity contribution in [3.63, 3.8) is 0 Å². The maximum absolute atomic E-state index is 12.2. The summed E-state index contributed by atoms with van der Waals surface area (Å²) in [5, 5.41) is 14.2. The van der Waals surface area contributed by atoms with Crippen LogP contribution in [0.5, 0.6) is 0 Å². The predicted molar refractivity (Wildman–Crippen MR) is 82.9 cm³/mol. The van der Waals surface area contributed by atoms with Crippen LogP contribution >= 0.6 is 0 Å². The molecule has 0 saturated carbocycles. The Kier molecular flexibility index (Phi) is 10.1. The first-order chi connectivity index (χ1) is 10.3. The molecule has 0 aliphatic heterocycles. The van der Waals surface area contributed by atoms with Crippen LogP contribution in [0.25, 0.3) is 0 Å². The van der Waals surface area contributed by atoms with Gasteiger partial charge in [0, 0.05) is 0 Å². The third-order valence-corrected chi connectivity index (χ3v) is 3.11. The van der Waals surface area contributed by atoms with Crippen LogP contribution in [0.4, 0.5) is 0 Å². The molecule has 0 aliphatic rings. The number of unbranched alkanes of at least 4 members (excludes halogenated alkanes) is 1. The number of nitrogens with two attached hydrogens (primary N) is 2. The molecule has 0 bridgehead atoms. The van der Waals surface area contributed by atoms with Crippen LogP contribution in [0.15, 0.2) is 0 Å². The topological polar surface area (TPSA) is 148 Å². The Balaban J connectivity index is 4.72. The van der Waals surface area contributed by atoms with E-state index in [4.69, 9.17) is 16.6 Å². The van der Waals surface area contributed by atoms with Crippen LogP contribution in [0, 0.1) is 5.92 Å². The lowest BCUT2D eigenvalue weighted by Crippen LogP contribution is -2.53. The average Bonchev–Trinajstić information content (AvgIpc) is 2.44. The zero-order chi connectivity index (χ0) is 17.1. The van der Waals surface area contributed by atoms with Crippen LogP contribution in [0.1, 0.15) is 39.5 Å². The molecule has 7 N–H and O–H groups in total. The monoisotopic (exact) mass is 316 g/mol. The average molecular weight is 316 g/mol. The third kappa shape index (κ3) is 8.58. The molecule has 0 aromatic heterocycles. The van der Waals surface area contributed by atoms with Crippen LogP contribution in [0.3, 0.4) is 0 Å². The number of carboxylic acid groups (broad SMARTS) is 1. The fourth-order valence-electron chi connectivity index (χ4n) is 1.98. The summed E-state index contributed by atoms with van der Waals surface area (Å²) in [6.07, 6.45) is 2.01. The van der Waals surface area contributed by atoms with Crippen LogP contribution in [-0.2, 0) is 14.4 Å². The minimum Gasteiger partial charge on any atom is -0.480 e. The van der Waals surface area contributed by atoms with Crippen molar-refractivity contribution in [1.29, 1.82) is 0 Å². The lowest BCUT2D eigenvalue weighted by atomic mass is 10.0. The molecule has 8 nitrogen and oxygen atoms in total. The summed E-state index contributed by atoms with van der Waals surface area (Å²) in [5.41, 5.74) is 10.6. The van der Waals surface area contributed by atoms with E-state index >= 15 is 0 Å². The molecule has 22 heavy (non-hydrogen) atoms. The quantitative estimate of drug-likeness (QED) is 0.314. The van der Waals surface area contributed by atoms with Gasteiger partial charge in [0.15, 0.2) is 0 Å². The highest BCUT2D eigenvalue weighted by Gasteiger charge is 2.26. The van der Waals surface area contributed by atoms with Crippen molar-refractivity contribution in [2.75, 3.05) is 13.1 Å². The van der Waals surface area contributed by atoms with Crippen molar-refractivity contribution in [2.24, 2.45) is 17.4 Å². The summed E-state index contributed by atoms with van der Waals surface area (Å²) in [6, 6.07) is -1.77. The molecule has 0 aliphatic carbocycles. The Bertz CT molecular complexity index is 374. The van der Waals surface area contributed by atoms with E-state index < -0.39 is 29.9 Å². The first kappa shape index (κ1) is 20.3. The molecule has 0 saturated heterocycles. The van der Waals surface area contributed by atoms with Gasteiger partial charge in [-0.05, 0) is 38.1 Å². The van der Waals surface area contributed by atoms with E-state index in [1.165, 1.54) is 0 Å². The first-order valence-electron chi connectivity index (χ1n) is 7.54. The summed E-state index contributed by atoms with van der Waals surface area (Å²) < 4.78 is 0. The Labute approximate surface area is 131 Å². The van der Waals surface area contributed by atoms with E-state index in [0.717, 1.165) is 0 Å². The molecule has 0 radical (unpaired) electrons. The summed E-state index contributed by atoms with van der Waals surface area (Å²) in [7, 11) is 0. The normalized spacial score (nSPS) is 13.5. The van der Waals surface area contributed by atoms with Gasteiger partial charge in [-0.3, -0.25) is 9.59 Å². The van der Waals surface area contributed by atoms with Crippen molar-refractivity contribution < 1.29 is 19.5 Å². The fourth-order valence-corrected chi connectivity index (χ4v) is 1.98. The Morgan fingerprint density at radius 3 is 2.14 bits per heavy atom. The Morgan fingerprint density at radius 1 is 1.05 bits per heavy atom. The van der Waals surface area contributed by atoms with Crippen molar-refractivity contribution in [2.45, 2.75) is 51.6 Å². The van der Waals surface area contributed by atoms with Gasteiger partial charge >= 0.3 is 5.97 Å². The van der Waals surface area contributed by atoms with Crippen molar-refractivity contribution in [3.05, 3.63) is 0 Å². The molecule has 0 rings (SSSR count).